The van der Waals surface area contributed by atoms with Crippen LogP contribution in [-0.2, 0) is 6.54 Å². The third-order valence-electron chi connectivity index (χ3n) is 4.60. The predicted molar refractivity (Wildman–Crippen MR) is 108 cm³/mol. The van der Waals surface area contributed by atoms with Gasteiger partial charge in [-0.3, -0.25) is 0 Å². The molecule has 5 heteroatoms. The summed E-state index contributed by atoms with van der Waals surface area (Å²) in [6.07, 6.45) is 4.05. The fourth-order valence-electron chi connectivity index (χ4n) is 2.96. The van der Waals surface area contributed by atoms with Gasteiger partial charge in [0.1, 0.15) is 5.75 Å². The number of nitrogens with one attached hydrogen (secondary N) is 1. The number of methoxy groups -OCH3 is 1. The van der Waals surface area contributed by atoms with Gasteiger partial charge in [-0.15, -0.1) is 11.8 Å². The quantitative estimate of drug-likeness (QED) is 0.611. The van der Waals surface area contributed by atoms with Crippen LogP contribution in [0.4, 0.5) is 0 Å². The zero-order chi connectivity index (χ0) is 18.5. The number of rotatable bonds is 7. The van der Waals surface area contributed by atoms with Crippen LogP contribution in [0.2, 0.25) is 0 Å². The first-order valence-electron chi connectivity index (χ1n) is 8.67. The molecule has 4 nitrogen and oxygen atoms in total. The molecule has 0 aliphatic heterocycles. The van der Waals surface area contributed by atoms with Gasteiger partial charge in [0.2, 0.25) is 0 Å². The van der Waals surface area contributed by atoms with Gasteiger partial charge >= 0.3 is 0 Å². The highest BCUT2D eigenvalue weighted by atomic mass is 32.2. The Morgan fingerprint density at radius 2 is 1.81 bits per heavy atom. The normalized spacial score (nSPS) is 12.2. The number of benzene rings is 2. The molecule has 1 atom stereocenters. The van der Waals surface area contributed by atoms with Crippen molar-refractivity contribution in [3.05, 3.63) is 71.5 Å². The van der Waals surface area contributed by atoms with Crippen molar-refractivity contribution in [2.45, 2.75) is 31.3 Å². The van der Waals surface area contributed by atoms with Gasteiger partial charge in [0, 0.05) is 28.7 Å². The van der Waals surface area contributed by atoms with Gasteiger partial charge in [0.05, 0.1) is 19.0 Å². The molecule has 1 heterocycles. The van der Waals surface area contributed by atoms with Gasteiger partial charge in [0.15, 0.2) is 0 Å². The van der Waals surface area contributed by atoms with Crippen LogP contribution in [0.1, 0.15) is 29.8 Å². The van der Waals surface area contributed by atoms with Gasteiger partial charge in [-0.25, -0.2) is 4.68 Å². The van der Waals surface area contributed by atoms with Crippen molar-refractivity contribution in [2.75, 3.05) is 13.4 Å². The number of ether oxygens (including phenoxy) is 1. The van der Waals surface area contributed by atoms with Crippen molar-refractivity contribution in [1.82, 2.24) is 15.1 Å². The van der Waals surface area contributed by atoms with Crippen molar-refractivity contribution in [3.8, 4) is 11.4 Å². The van der Waals surface area contributed by atoms with Crippen LogP contribution in [-0.4, -0.2) is 23.1 Å². The Morgan fingerprint density at radius 1 is 1.12 bits per heavy atom. The van der Waals surface area contributed by atoms with Gasteiger partial charge in [-0.2, -0.15) is 5.10 Å². The summed E-state index contributed by atoms with van der Waals surface area (Å²) in [6.45, 7) is 5.12. The lowest BCUT2D eigenvalue weighted by molar-refractivity contribution is 0.414. The summed E-state index contributed by atoms with van der Waals surface area (Å²) in [5, 5.41) is 8.17. The standard InChI is InChI=1S/C21H25N3OS/c1-15(22-13-17-5-11-20(26-4)12-6-17)21-14-23-24(16(21)2)18-7-9-19(25-3)10-8-18/h5-12,14-15,22H,13H2,1-4H3/t15-/m1/s1. The average molecular weight is 368 g/mol. The van der Waals surface area contributed by atoms with Crippen molar-refractivity contribution in [2.24, 2.45) is 0 Å². The predicted octanol–water partition coefficient (Wildman–Crippen LogP) is 4.76. The maximum absolute atomic E-state index is 5.23. The second kappa shape index (κ2) is 8.43. The van der Waals surface area contributed by atoms with E-state index in [0.29, 0.717) is 0 Å². The molecule has 3 rings (SSSR count). The van der Waals surface area contributed by atoms with E-state index in [1.165, 1.54) is 16.0 Å². The fourth-order valence-corrected chi connectivity index (χ4v) is 3.36. The maximum Gasteiger partial charge on any atom is 0.119 e. The number of hydrogen-bond acceptors (Lipinski definition) is 4. The lowest BCUT2D eigenvalue weighted by Crippen LogP contribution is -2.18. The monoisotopic (exact) mass is 367 g/mol. The highest BCUT2D eigenvalue weighted by molar-refractivity contribution is 7.98. The molecule has 0 saturated carbocycles. The van der Waals surface area contributed by atoms with Crippen molar-refractivity contribution < 1.29 is 4.74 Å². The molecular formula is C21H25N3OS. The van der Waals surface area contributed by atoms with Crippen LogP contribution in [0.3, 0.4) is 0 Å². The summed E-state index contributed by atoms with van der Waals surface area (Å²) in [7, 11) is 1.67. The number of aromatic nitrogens is 2. The summed E-state index contributed by atoms with van der Waals surface area (Å²) >= 11 is 1.76. The maximum atomic E-state index is 5.23. The molecule has 0 aliphatic rings. The van der Waals surface area contributed by atoms with Crippen molar-refractivity contribution >= 4 is 11.8 Å². The highest BCUT2D eigenvalue weighted by Gasteiger charge is 2.14. The largest absolute Gasteiger partial charge is 0.497 e. The van der Waals surface area contributed by atoms with E-state index < -0.39 is 0 Å². The first-order valence-corrected chi connectivity index (χ1v) is 9.90. The second-order valence-electron chi connectivity index (χ2n) is 6.25. The van der Waals surface area contributed by atoms with Crippen LogP contribution < -0.4 is 10.1 Å². The molecular weight excluding hydrogens is 342 g/mol. The fraction of sp³-hybridized carbons (Fsp3) is 0.286. The zero-order valence-corrected chi connectivity index (χ0v) is 16.5. The van der Waals surface area contributed by atoms with Crippen molar-refractivity contribution in [3.63, 3.8) is 0 Å². The molecule has 0 fully saturated rings. The molecule has 136 valence electrons. The van der Waals surface area contributed by atoms with Crippen LogP contribution in [0.15, 0.2) is 59.6 Å². The van der Waals surface area contributed by atoms with E-state index in [0.717, 1.165) is 23.7 Å². The SMILES string of the molecule is COc1ccc(-n2ncc([C@@H](C)NCc3ccc(SC)cc3)c2C)cc1. The third kappa shape index (κ3) is 4.11. The molecule has 0 bridgehead atoms. The topological polar surface area (TPSA) is 39.1 Å². The first-order chi connectivity index (χ1) is 12.6. The summed E-state index contributed by atoms with van der Waals surface area (Å²) in [6, 6.07) is 16.9. The van der Waals surface area contributed by atoms with Crippen LogP contribution in [0.25, 0.3) is 5.69 Å². The molecule has 0 radical (unpaired) electrons. The number of hydrogen-bond donors (Lipinski definition) is 1. The third-order valence-corrected chi connectivity index (χ3v) is 5.35. The molecule has 1 aromatic heterocycles. The summed E-state index contributed by atoms with van der Waals surface area (Å²) in [5.41, 5.74) is 4.68. The molecule has 0 aliphatic carbocycles. The molecule has 3 aromatic rings. The minimum atomic E-state index is 0.224. The van der Waals surface area contributed by atoms with E-state index in [4.69, 9.17) is 4.74 Å². The molecule has 0 saturated heterocycles. The van der Waals surface area contributed by atoms with Gasteiger partial charge in [-0.1, -0.05) is 12.1 Å². The Kier molecular flexibility index (Phi) is 6.01. The minimum absolute atomic E-state index is 0.224. The molecule has 26 heavy (non-hydrogen) atoms. The summed E-state index contributed by atoms with van der Waals surface area (Å²) in [4.78, 5) is 1.29. The number of thioether (sulfide) groups is 1. The second-order valence-corrected chi connectivity index (χ2v) is 7.13. The summed E-state index contributed by atoms with van der Waals surface area (Å²) < 4.78 is 7.20. The summed E-state index contributed by atoms with van der Waals surface area (Å²) in [5.74, 6) is 0.848. The van der Waals surface area contributed by atoms with E-state index >= 15 is 0 Å². The molecule has 1 N–H and O–H groups in total. The van der Waals surface area contributed by atoms with E-state index in [2.05, 4.69) is 54.8 Å². The Morgan fingerprint density at radius 3 is 2.42 bits per heavy atom. The molecule has 0 spiro atoms. The highest BCUT2D eigenvalue weighted by Crippen LogP contribution is 2.22. The van der Waals surface area contributed by atoms with Gasteiger partial charge in [0.25, 0.3) is 0 Å². The molecule has 2 aromatic carbocycles. The Bertz CT molecular complexity index is 841. The van der Waals surface area contributed by atoms with E-state index in [1.807, 2.05) is 35.1 Å². The van der Waals surface area contributed by atoms with E-state index in [9.17, 15) is 0 Å². The van der Waals surface area contributed by atoms with Crippen LogP contribution >= 0.6 is 11.8 Å². The average Bonchev–Trinajstić information content (AvgIpc) is 3.08. The van der Waals surface area contributed by atoms with Crippen LogP contribution in [0, 0.1) is 6.92 Å². The zero-order valence-electron chi connectivity index (χ0n) is 15.7. The smallest absolute Gasteiger partial charge is 0.119 e. The van der Waals surface area contributed by atoms with Crippen LogP contribution in [0.5, 0.6) is 5.75 Å². The number of nitrogens with zero attached hydrogens (tertiary/aromatic N) is 2. The first kappa shape index (κ1) is 18.5. The lowest BCUT2D eigenvalue weighted by Gasteiger charge is -2.14. The molecule has 0 amide bonds. The Balaban J connectivity index is 1.69. The van der Waals surface area contributed by atoms with Gasteiger partial charge < -0.3 is 10.1 Å². The minimum Gasteiger partial charge on any atom is -0.497 e. The van der Waals surface area contributed by atoms with Crippen molar-refractivity contribution in [1.29, 1.82) is 0 Å². The van der Waals surface area contributed by atoms with Gasteiger partial charge in [-0.05, 0) is 62.1 Å². The van der Waals surface area contributed by atoms with E-state index in [1.54, 1.807) is 18.9 Å². The lowest BCUT2D eigenvalue weighted by atomic mass is 10.1. The molecule has 0 unspecified atom stereocenters. The Hall–Kier alpha value is -2.24. The van der Waals surface area contributed by atoms with E-state index in [-0.39, 0.29) is 6.04 Å². The Labute approximate surface area is 159 Å².